The second-order valence-corrected chi connectivity index (χ2v) is 14.4. The Balaban J connectivity index is 4.44. The van der Waals surface area contributed by atoms with E-state index in [4.69, 9.17) is 24.3 Å². The van der Waals surface area contributed by atoms with Crippen molar-refractivity contribution < 1.29 is 42.7 Å². The first-order valence-electron chi connectivity index (χ1n) is 20.2. The summed E-state index contributed by atoms with van der Waals surface area (Å²) in [6.45, 7) is 3.44. The van der Waals surface area contributed by atoms with Crippen LogP contribution in [0.2, 0.25) is 0 Å². The van der Waals surface area contributed by atoms with E-state index in [1.807, 2.05) is 36.5 Å². The monoisotopic (exact) mass is 777 g/mol. The van der Waals surface area contributed by atoms with E-state index in [2.05, 4.69) is 56.4 Å². The number of nitrogens with two attached hydrogens (primary N) is 1. The molecule has 0 amide bonds. The number of hydrogen-bond donors (Lipinski definition) is 3. The van der Waals surface area contributed by atoms with Gasteiger partial charge in [0.15, 0.2) is 6.10 Å². The van der Waals surface area contributed by atoms with E-state index in [1.54, 1.807) is 6.08 Å². The van der Waals surface area contributed by atoms with Crippen molar-refractivity contribution in [2.45, 2.75) is 148 Å². The van der Waals surface area contributed by atoms with Gasteiger partial charge in [-0.05, 0) is 83.5 Å². The third kappa shape index (κ3) is 37.5. The molecule has 0 saturated heterocycles. The molecule has 0 aromatic rings. The largest absolute Gasteiger partial charge is 0.472 e. The lowest BCUT2D eigenvalue weighted by molar-refractivity contribution is -0.161. The predicted molar refractivity (Wildman–Crippen MR) is 221 cm³/mol. The number of allylic oxidation sites excluding steroid dienone is 12. The van der Waals surface area contributed by atoms with Gasteiger partial charge in [0.05, 0.1) is 19.3 Å². The Morgan fingerprint density at radius 1 is 0.648 bits per heavy atom. The number of phosphoric ester groups is 1. The lowest BCUT2D eigenvalue weighted by Gasteiger charge is -2.19. The van der Waals surface area contributed by atoms with Crippen molar-refractivity contribution in [2.24, 2.45) is 5.73 Å². The van der Waals surface area contributed by atoms with Crippen LogP contribution in [-0.2, 0) is 32.7 Å². The number of aliphatic hydroxyl groups excluding tert-OH is 1. The van der Waals surface area contributed by atoms with E-state index < -0.39 is 38.6 Å². The summed E-state index contributed by atoms with van der Waals surface area (Å²) in [6.07, 6.45) is 43.6. The van der Waals surface area contributed by atoms with Crippen molar-refractivity contribution in [2.75, 3.05) is 26.4 Å². The molecule has 0 spiro atoms. The molecule has 4 N–H and O–H groups in total. The normalized spacial score (nSPS) is 14.8. The van der Waals surface area contributed by atoms with Crippen molar-refractivity contribution in [3.63, 3.8) is 0 Å². The Morgan fingerprint density at radius 3 is 1.80 bits per heavy atom. The zero-order valence-corrected chi connectivity index (χ0v) is 34.2. The van der Waals surface area contributed by atoms with Crippen molar-refractivity contribution >= 4 is 19.8 Å². The van der Waals surface area contributed by atoms with Crippen LogP contribution in [0.5, 0.6) is 0 Å². The molecule has 0 aliphatic carbocycles. The highest BCUT2D eigenvalue weighted by molar-refractivity contribution is 7.47. The smallest absolute Gasteiger partial charge is 0.462 e. The van der Waals surface area contributed by atoms with Crippen molar-refractivity contribution in [3.05, 3.63) is 85.1 Å². The molecule has 0 saturated carbocycles. The minimum Gasteiger partial charge on any atom is -0.462 e. The van der Waals surface area contributed by atoms with E-state index >= 15 is 0 Å². The molecule has 0 radical (unpaired) electrons. The van der Waals surface area contributed by atoms with Crippen molar-refractivity contribution in [1.29, 1.82) is 0 Å². The Bertz CT molecular complexity index is 1180. The Morgan fingerprint density at radius 2 is 1.19 bits per heavy atom. The van der Waals surface area contributed by atoms with Crippen molar-refractivity contribution in [1.82, 2.24) is 0 Å². The molecule has 0 fully saturated rings. The molecule has 54 heavy (non-hydrogen) atoms. The highest BCUT2D eigenvalue weighted by atomic mass is 31.2. The Kier molecular flexibility index (Phi) is 36.4. The number of aliphatic hydroxyl groups is 1. The van der Waals surface area contributed by atoms with E-state index in [1.165, 1.54) is 38.5 Å². The van der Waals surface area contributed by atoms with Gasteiger partial charge >= 0.3 is 19.8 Å². The molecule has 11 heteroatoms. The Hall–Kier alpha value is -2.85. The second kappa shape index (κ2) is 38.4. The first-order valence-corrected chi connectivity index (χ1v) is 21.7. The molecule has 3 atom stereocenters. The van der Waals surface area contributed by atoms with Gasteiger partial charge < -0.3 is 25.2 Å². The summed E-state index contributed by atoms with van der Waals surface area (Å²) in [5.41, 5.74) is 5.33. The third-order valence-electron chi connectivity index (χ3n) is 7.83. The van der Waals surface area contributed by atoms with Crippen molar-refractivity contribution in [3.8, 4) is 0 Å². The number of rotatable bonds is 36. The van der Waals surface area contributed by atoms with Gasteiger partial charge in [0.2, 0.25) is 0 Å². The summed E-state index contributed by atoms with van der Waals surface area (Å²) in [4.78, 5) is 34.7. The van der Waals surface area contributed by atoms with Crippen LogP contribution in [-0.4, -0.2) is 60.5 Å². The number of unbranched alkanes of at least 4 members (excludes halogenated alkanes) is 9. The fraction of sp³-hybridized carbons (Fsp3) is 0.628. The molecule has 0 rings (SSSR count). The third-order valence-corrected chi connectivity index (χ3v) is 8.82. The number of phosphoric acid groups is 1. The van der Waals surface area contributed by atoms with Gasteiger partial charge in [-0.2, -0.15) is 0 Å². The maximum atomic E-state index is 12.5. The molecular weight excluding hydrogens is 705 g/mol. The number of carbonyl (C=O) groups is 2. The van der Waals surface area contributed by atoms with Crippen LogP contribution in [0.15, 0.2) is 85.1 Å². The van der Waals surface area contributed by atoms with Gasteiger partial charge in [0.1, 0.15) is 6.61 Å². The lowest BCUT2D eigenvalue weighted by Crippen LogP contribution is -2.29. The first-order chi connectivity index (χ1) is 26.2. The van der Waals surface area contributed by atoms with E-state index in [9.17, 15) is 24.2 Å². The Labute approximate surface area is 326 Å². The van der Waals surface area contributed by atoms with Crippen LogP contribution < -0.4 is 5.73 Å². The average molecular weight is 778 g/mol. The predicted octanol–water partition coefficient (Wildman–Crippen LogP) is 10.2. The highest BCUT2D eigenvalue weighted by Gasteiger charge is 2.25. The molecule has 0 aromatic heterocycles. The molecule has 1 unspecified atom stereocenters. The summed E-state index contributed by atoms with van der Waals surface area (Å²) in [5, 5.41) is 10.0. The minimum absolute atomic E-state index is 0.0259. The first kappa shape index (κ1) is 51.1. The summed E-state index contributed by atoms with van der Waals surface area (Å²) >= 11 is 0. The van der Waals surface area contributed by atoms with Gasteiger partial charge in [0, 0.05) is 19.4 Å². The van der Waals surface area contributed by atoms with Gasteiger partial charge in [0.25, 0.3) is 0 Å². The van der Waals surface area contributed by atoms with Crippen LogP contribution in [0.25, 0.3) is 0 Å². The zero-order valence-electron chi connectivity index (χ0n) is 33.3. The van der Waals surface area contributed by atoms with Crippen LogP contribution >= 0.6 is 7.82 Å². The van der Waals surface area contributed by atoms with E-state index in [0.29, 0.717) is 25.7 Å². The summed E-state index contributed by atoms with van der Waals surface area (Å²) in [5.74, 6) is -0.991. The van der Waals surface area contributed by atoms with Gasteiger partial charge in [-0.15, -0.1) is 0 Å². The number of esters is 2. The van der Waals surface area contributed by atoms with Gasteiger partial charge in [-0.3, -0.25) is 18.6 Å². The molecule has 0 bridgehead atoms. The van der Waals surface area contributed by atoms with E-state index in [0.717, 1.165) is 44.9 Å². The minimum atomic E-state index is -4.42. The quantitative estimate of drug-likeness (QED) is 0.0184. The molecule has 0 aliphatic rings. The van der Waals surface area contributed by atoms with Crippen LogP contribution in [0.4, 0.5) is 0 Å². The van der Waals surface area contributed by atoms with Crippen LogP contribution in [0.3, 0.4) is 0 Å². The summed E-state index contributed by atoms with van der Waals surface area (Å²) < 4.78 is 32.6. The zero-order chi connectivity index (χ0) is 39.8. The fourth-order valence-corrected chi connectivity index (χ4v) is 5.54. The molecule has 308 valence electrons. The maximum absolute atomic E-state index is 12.5. The van der Waals surface area contributed by atoms with Gasteiger partial charge in [-0.25, -0.2) is 4.57 Å². The molecule has 0 heterocycles. The molecule has 0 aromatic carbocycles. The van der Waals surface area contributed by atoms with E-state index in [-0.39, 0.29) is 32.6 Å². The summed E-state index contributed by atoms with van der Waals surface area (Å²) in [6, 6.07) is 0. The topological polar surface area (TPSA) is 155 Å². The highest BCUT2D eigenvalue weighted by Crippen LogP contribution is 2.43. The SMILES string of the molecule is CCCCC/C=C\C=C/[C@@H](O)C/C=C\C/C=C/CCCC(=O)OC[C@H](COP(=O)(O)OCCN)OC(=O)CCCC/C=C\C/C=C\C/C=C\CCCCC. The molecule has 10 nitrogen and oxygen atoms in total. The summed E-state index contributed by atoms with van der Waals surface area (Å²) in [7, 11) is -4.42. The standard InChI is InChI=1S/C43H72NO9P/c1-3-5-7-9-11-12-13-14-15-16-17-18-22-27-31-35-43(47)53-41(39-52-54(48,49)51-37-36-44)38-50-42(46)34-30-26-23-19-21-25-29-33-40(45)32-28-24-20-10-8-6-4-2/h11-12,14-15,17-20,23-25,28-29,32,40-41,45H,3-10,13,16,21-22,26-27,30-31,33-39,44H2,1-2H3,(H,48,49)/b12-11-,15-14-,18-17-,23-19+,24-20-,29-25-,32-28-/t40-,41-/m1/s1. The maximum Gasteiger partial charge on any atom is 0.472 e. The molecular formula is C43H72NO9P. The molecule has 0 aliphatic heterocycles. The van der Waals surface area contributed by atoms with Crippen LogP contribution in [0, 0.1) is 0 Å². The van der Waals surface area contributed by atoms with Crippen LogP contribution in [0.1, 0.15) is 136 Å². The number of hydrogen-bond acceptors (Lipinski definition) is 9. The fourth-order valence-electron chi connectivity index (χ4n) is 4.77. The lowest BCUT2D eigenvalue weighted by atomic mass is 10.1. The number of ether oxygens (including phenoxy) is 2. The van der Waals surface area contributed by atoms with Gasteiger partial charge in [-0.1, -0.05) is 125 Å². The number of carbonyl (C=O) groups excluding carboxylic acids is 2. The second-order valence-electron chi connectivity index (χ2n) is 13.0. The average Bonchev–Trinajstić information content (AvgIpc) is 3.15.